The first-order valence-corrected chi connectivity index (χ1v) is 6.51. The zero-order valence-electron chi connectivity index (χ0n) is 11.1. The molecule has 18 heavy (non-hydrogen) atoms. The normalized spacial score (nSPS) is 10.5. The number of carboxylic acids is 1. The Labute approximate surface area is 109 Å². The molecule has 104 valence electrons. The smallest absolute Gasteiger partial charge is 0.314 e. The largest absolute Gasteiger partial charge is 0.481 e. The number of hydrogen-bond donors (Lipinski definition) is 3. The van der Waals surface area contributed by atoms with Gasteiger partial charge in [0.25, 0.3) is 0 Å². The molecule has 0 radical (unpaired) electrons. The van der Waals surface area contributed by atoms with Gasteiger partial charge in [-0.15, -0.1) is 0 Å². The van der Waals surface area contributed by atoms with Crippen molar-refractivity contribution in [3.05, 3.63) is 12.2 Å². The quantitative estimate of drug-likeness (QED) is 0.414. The molecule has 0 aromatic carbocycles. The van der Waals surface area contributed by atoms with Crippen molar-refractivity contribution in [3.63, 3.8) is 0 Å². The van der Waals surface area contributed by atoms with E-state index in [1.165, 1.54) is 0 Å². The summed E-state index contributed by atoms with van der Waals surface area (Å²) in [4.78, 5) is 21.5. The predicted molar refractivity (Wildman–Crippen MR) is 71.6 cm³/mol. The molecular weight excluding hydrogens is 232 g/mol. The molecule has 0 saturated heterocycles. The standard InChI is InChI=1S/C13H24N2O3/c1-2-3-7-10-14-13(18)15-11-8-5-4-6-9-12(16)17/h2-3H,4-11H2,1H3,(H,16,17)(H2,14,15,18)/b3-2+. The van der Waals surface area contributed by atoms with Gasteiger partial charge in [0.1, 0.15) is 0 Å². The fourth-order valence-electron chi connectivity index (χ4n) is 1.45. The number of carboxylic acid groups (broad SMARTS) is 1. The first-order valence-electron chi connectivity index (χ1n) is 6.51. The maximum absolute atomic E-state index is 11.3. The number of allylic oxidation sites excluding steroid dienone is 1. The predicted octanol–water partition coefficient (Wildman–Crippen LogP) is 2.29. The summed E-state index contributed by atoms with van der Waals surface area (Å²) in [5.41, 5.74) is 0. The fraction of sp³-hybridized carbons (Fsp3) is 0.692. The molecular formula is C13H24N2O3. The van der Waals surface area contributed by atoms with Crippen molar-refractivity contribution < 1.29 is 14.7 Å². The van der Waals surface area contributed by atoms with E-state index in [1.54, 1.807) is 0 Å². The van der Waals surface area contributed by atoms with Gasteiger partial charge in [-0.25, -0.2) is 4.79 Å². The lowest BCUT2D eigenvalue weighted by atomic mass is 10.1. The van der Waals surface area contributed by atoms with E-state index in [9.17, 15) is 9.59 Å². The Morgan fingerprint density at radius 3 is 2.39 bits per heavy atom. The van der Waals surface area contributed by atoms with Crippen LogP contribution in [0.2, 0.25) is 0 Å². The lowest BCUT2D eigenvalue weighted by molar-refractivity contribution is -0.137. The van der Waals surface area contributed by atoms with E-state index >= 15 is 0 Å². The summed E-state index contributed by atoms with van der Waals surface area (Å²) in [5.74, 6) is -0.742. The van der Waals surface area contributed by atoms with Crippen LogP contribution in [0.25, 0.3) is 0 Å². The topological polar surface area (TPSA) is 78.4 Å². The van der Waals surface area contributed by atoms with Crippen LogP contribution in [0.1, 0.15) is 45.4 Å². The van der Waals surface area contributed by atoms with Crippen molar-refractivity contribution in [2.75, 3.05) is 13.1 Å². The number of aliphatic carboxylic acids is 1. The Morgan fingerprint density at radius 2 is 1.72 bits per heavy atom. The monoisotopic (exact) mass is 256 g/mol. The van der Waals surface area contributed by atoms with Gasteiger partial charge in [-0.3, -0.25) is 4.79 Å². The van der Waals surface area contributed by atoms with Gasteiger partial charge in [-0.05, 0) is 26.2 Å². The molecule has 0 spiro atoms. The Morgan fingerprint density at radius 1 is 1.06 bits per heavy atom. The molecule has 0 heterocycles. The van der Waals surface area contributed by atoms with E-state index in [1.807, 2.05) is 19.1 Å². The molecule has 0 aliphatic carbocycles. The SMILES string of the molecule is C/C=C/CCNC(=O)NCCCCCCC(=O)O. The van der Waals surface area contributed by atoms with Crippen LogP contribution in [-0.2, 0) is 4.79 Å². The number of urea groups is 1. The maximum atomic E-state index is 11.3. The van der Waals surface area contributed by atoms with Gasteiger partial charge >= 0.3 is 12.0 Å². The fourth-order valence-corrected chi connectivity index (χ4v) is 1.45. The second-order valence-electron chi connectivity index (χ2n) is 4.10. The molecule has 5 nitrogen and oxygen atoms in total. The van der Waals surface area contributed by atoms with Gasteiger partial charge in [0.2, 0.25) is 0 Å². The Kier molecular flexibility index (Phi) is 10.9. The minimum absolute atomic E-state index is 0.134. The van der Waals surface area contributed by atoms with Gasteiger partial charge in [-0.2, -0.15) is 0 Å². The Balaban J connectivity index is 3.22. The molecule has 0 saturated carbocycles. The molecule has 0 aromatic rings. The van der Waals surface area contributed by atoms with Crippen LogP contribution in [0.4, 0.5) is 4.79 Å². The second kappa shape index (κ2) is 12.0. The van der Waals surface area contributed by atoms with Crippen molar-refractivity contribution in [1.29, 1.82) is 0 Å². The highest BCUT2D eigenvalue weighted by molar-refractivity contribution is 5.73. The molecule has 0 fully saturated rings. The third kappa shape index (κ3) is 12.5. The van der Waals surface area contributed by atoms with Gasteiger partial charge in [0.05, 0.1) is 0 Å². The second-order valence-corrected chi connectivity index (χ2v) is 4.10. The van der Waals surface area contributed by atoms with E-state index in [4.69, 9.17) is 5.11 Å². The molecule has 0 bridgehead atoms. The van der Waals surface area contributed by atoms with Crippen LogP contribution in [0.15, 0.2) is 12.2 Å². The highest BCUT2D eigenvalue weighted by Crippen LogP contribution is 2.01. The molecule has 0 unspecified atom stereocenters. The van der Waals surface area contributed by atoms with Gasteiger partial charge in [-0.1, -0.05) is 25.0 Å². The summed E-state index contributed by atoms with van der Waals surface area (Å²) in [5, 5.41) is 14.0. The van der Waals surface area contributed by atoms with Crippen molar-refractivity contribution in [2.24, 2.45) is 0 Å². The Bertz CT molecular complexity index is 265. The lowest BCUT2D eigenvalue weighted by Gasteiger charge is -2.06. The van der Waals surface area contributed by atoms with Crippen LogP contribution >= 0.6 is 0 Å². The zero-order valence-corrected chi connectivity index (χ0v) is 11.1. The van der Waals surface area contributed by atoms with Crippen molar-refractivity contribution in [2.45, 2.75) is 45.4 Å². The molecule has 0 aromatic heterocycles. The first-order chi connectivity index (χ1) is 8.66. The summed E-state index contributed by atoms with van der Waals surface area (Å²) >= 11 is 0. The van der Waals surface area contributed by atoms with Crippen LogP contribution in [0.3, 0.4) is 0 Å². The molecule has 0 rings (SSSR count). The molecule has 3 N–H and O–H groups in total. The van der Waals surface area contributed by atoms with Crippen LogP contribution in [-0.4, -0.2) is 30.2 Å². The number of nitrogens with one attached hydrogen (secondary N) is 2. The molecule has 5 heteroatoms. The third-order valence-corrected chi connectivity index (χ3v) is 2.44. The molecule has 0 aliphatic rings. The minimum atomic E-state index is -0.742. The van der Waals surface area contributed by atoms with Gasteiger partial charge in [0, 0.05) is 19.5 Å². The van der Waals surface area contributed by atoms with Crippen molar-refractivity contribution >= 4 is 12.0 Å². The zero-order chi connectivity index (χ0) is 13.6. The van der Waals surface area contributed by atoms with E-state index in [0.29, 0.717) is 19.5 Å². The summed E-state index contributed by atoms with van der Waals surface area (Å²) in [7, 11) is 0. The van der Waals surface area contributed by atoms with Crippen LogP contribution < -0.4 is 10.6 Å². The third-order valence-electron chi connectivity index (χ3n) is 2.44. The molecule has 0 atom stereocenters. The van der Waals surface area contributed by atoms with Gasteiger partial charge in [0.15, 0.2) is 0 Å². The summed E-state index contributed by atoms with van der Waals surface area (Å²) in [6, 6.07) is -0.134. The maximum Gasteiger partial charge on any atom is 0.314 e. The highest BCUT2D eigenvalue weighted by Gasteiger charge is 1.98. The number of unbranched alkanes of at least 4 members (excludes halogenated alkanes) is 3. The van der Waals surface area contributed by atoms with E-state index in [-0.39, 0.29) is 12.5 Å². The summed E-state index contributed by atoms with van der Waals surface area (Å²) < 4.78 is 0. The average molecular weight is 256 g/mol. The molecule has 2 amide bonds. The van der Waals surface area contributed by atoms with E-state index in [0.717, 1.165) is 25.7 Å². The average Bonchev–Trinajstić information content (AvgIpc) is 2.33. The lowest BCUT2D eigenvalue weighted by Crippen LogP contribution is -2.36. The first kappa shape index (κ1) is 16.5. The van der Waals surface area contributed by atoms with Crippen LogP contribution in [0.5, 0.6) is 0 Å². The number of hydrogen-bond acceptors (Lipinski definition) is 2. The van der Waals surface area contributed by atoms with Crippen LogP contribution in [0, 0.1) is 0 Å². The number of amides is 2. The summed E-state index contributed by atoms with van der Waals surface area (Å²) in [6.45, 7) is 3.24. The van der Waals surface area contributed by atoms with Gasteiger partial charge < -0.3 is 15.7 Å². The molecule has 0 aliphatic heterocycles. The van der Waals surface area contributed by atoms with Crippen molar-refractivity contribution in [1.82, 2.24) is 10.6 Å². The summed E-state index contributed by atoms with van der Waals surface area (Å²) in [6.07, 6.45) is 8.49. The number of rotatable bonds is 10. The number of carbonyl (C=O) groups is 2. The van der Waals surface area contributed by atoms with Crippen molar-refractivity contribution in [3.8, 4) is 0 Å². The number of carbonyl (C=O) groups excluding carboxylic acids is 1. The van der Waals surface area contributed by atoms with E-state index in [2.05, 4.69) is 10.6 Å². The highest BCUT2D eigenvalue weighted by atomic mass is 16.4. The minimum Gasteiger partial charge on any atom is -0.481 e. The Hall–Kier alpha value is -1.52. The van der Waals surface area contributed by atoms with E-state index < -0.39 is 5.97 Å².